The van der Waals surface area contributed by atoms with E-state index in [1.165, 1.54) is 6.92 Å². The van der Waals surface area contributed by atoms with E-state index >= 15 is 0 Å². The third-order valence-electron chi connectivity index (χ3n) is 1.34. The van der Waals surface area contributed by atoms with E-state index in [2.05, 4.69) is 22.5 Å². The van der Waals surface area contributed by atoms with E-state index in [4.69, 9.17) is 0 Å². The van der Waals surface area contributed by atoms with Crippen molar-refractivity contribution in [3.05, 3.63) is 0 Å². The molecule has 0 atom stereocenters. The molecular formula is C8H17N3O. The summed E-state index contributed by atoms with van der Waals surface area (Å²) in [5, 5.41) is 5.61. The molecule has 0 aromatic carbocycles. The summed E-state index contributed by atoms with van der Waals surface area (Å²) < 4.78 is 0. The maximum absolute atomic E-state index is 10.6. The summed E-state index contributed by atoms with van der Waals surface area (Å²) in [6.07, 6.45) is 2.21. The monoisotopic (exact) mass is 171 g/mol. The van der Waals surface area contributed by atoms with Crippen molar-refractivity contribution in [3.8, 4) is 0 Å². The first-order valence-corrected chi connectivity index (χ1v) is 4.19. The molecule has 0 saturated heterocycles. The van der Waals surface area contributed by atoms with Crippen LogP contribution in [-0.2, 0) is 4.79 Å². The molecular weight excluding hydrogens is 154 g/mol. The molecule has 0 aromatic rings. The highest BCUT2D eigenvalue weighted by Gasteiger charge is 1.97. The van der Waals surface area contributed by atoms with Gasteiger partial charge < -0.3 is 5.32 Å². The smallest absolute Gasteiger partial charge is 0.223 e. The maximum Gasteiger partial charge on any atom is 0.223 e. The standard InChI is InChI=1S/C8H17N3O/c1-4-5-6-10-8(9-3)11-7(2)12/h4-6H2,1-3H3,(H2,9,10,11,12). The molecule has 4 heteroatoms. The molecule has 12 heavy (non-hydrogen) atoms. The molecule has 0 aliphatic rings. The minimum absolute atomic E-state index is 0.0976. The molecule has 2 N–H and O–H groups in total. The van der Waals surface area contributed by atoms with Gasteiger partial charge in [-0.3, -0.25) is 15.1 Å². The summed E-state index contributed by atoms with van der Waals surface area (Å²) in [4.78, 5) is 14.5. The molecule has 0 heterocycles. The zero-order valence-corrected chi connectivity index (χ0v) is 7.98. The SMILES string of the molecule is CCCCNC(=NC)NC(C)=O. The predicted molar refractivity (Wildman–Crippen MR) is 50.1 cm³/mol. The minimum Gasteiger partial charge on any atom is -0.356 e. The number of amides is 1. The van der Waals surface area contributed by atoms with Crippen LogP contribution in [0.3, 0.4) is 0 Å². The zero-order valence-electron chi connectivity index (χ0n) is 7.98. The molecule has 0 aromatic heterocycles. The van der Waals surface area contributed by atoms with Gasteiger partial charge in [0.1, 0.15) is 0 Å². The molecule has 4 nitrogen and oxygen atoms in total. The Morgan fingerprint density at radius 3 is 2.58 bits per heavy atom. The van der Waals surface area contributed by atoms with E-state index in [9.17, 15) is 4.79 Å². The fourth-order valence-corrected chi connectivity index (χ4v) is 0.729. The number of carbonyl (C=O) groups is 1. The van der Waals surface area contributed by atoms with Crippen LogP contribution >= 0.6 is 0 Å². The summed E-state index contributed by atoms with van der Waals surface area (Å²) >= 11 is 0. The number of hydrogen-bond acceptors (Lipinski definition) is 2. The summed E-state index contributed by atoms with van der Waals surface area (Å²) in [5.41, 5.74) is 0. The first kappa shape index (κ1) is 10.9. The summed E-state index contributed by atoms with van der Waals surface area (Å²) in [5.74, 6) is 0.454. The summed E-state index contributed by atoms with van der Waals surface area (Å²) in [6.45, 7) is 4.43. The van der Waals surface area contributed by atoms with Crippen LogP contribution in [0, 0.1) is 0 Å². The molecule has 1 amide bonds. The van der Waals surface area contributed by atoms with Crippen molar-refractivity contribution in [1.29, 1.82) is 0 Å². The van der Waals surface area contributed by atoms with Gasteiger partial charge in [0, 0.05) is 20.5 Å². The van der Waals surface area contributed by atoms with Crippen LogP contribution in [0.4, 0.5) is 0 Å². The second-order valence-electron chi connectivity index (χ2n) is 2.53. The number of hydrogen-bond donors (Lipinski definition) is 2. The second-order valence-corrected chi connectivity index (χ2v) is 2.53. The Morgan fingerprint density at radius 2 is 2.17 bits per heavy atom. The van der Waals surface area contributed by atoms with E-state index in [-0.39, 0.29) is 5.91 Å². The molecule has 0 unspecified atom stereocenters. The van der Waals surface area contributed by atoms with Crippen LogP contribution in [0.15, 0.2) is 4.99 Å². The van der Waals surface area contributed by atoms with Crippen LogP contribution in [0.1, 0.15) is 26.7 Å². The fraction of sp³-hybridized carbons (Fsp3) is 0.750. The maximum atomic E-state index is 10.6. The molecule has 0 radical (unpaired) electrons. The third kappa shape index (κ3) is 5.70. The second kappa shape index (κ2) is 6.64. The van der Waals surface area contributed by atoms with Gasteiger partial charge in [-0.05, 0) is 6.42 Å². The lowest BCUT2D eigenvalue weighted by atomic mass is 10.3. The number of guanidine groups is 1. The molecule has 0 fully saturated rings. The van der Waals surface area contributed by atoms with E-state index < -0.39 is 0 Å². The first-order valence-electron chi connectivity index (χ1n) is 4.19. The van der Waals surface area contributed by atoms with Crippen molar-refractivity contribution in [1.82, 2.24) is 10.6 Å². The lowest BCUT2D eigenvalue weighted by Crippen LogP contribution is -2.40. The quantitative estimate of drug-likeness (QED) is 0.369. The van der Waals surface area contributed by atoms with Gasteiger partial charge in [0.05, 0.1) is 0 Å². The number of carbonyl (C=O) groups excluding carboxylic acids is 1. The topological polar surface area (TPSA) is 53.5 Å². The Labute approximate surface area is 73.5 Å². The highest BCUT2D eigenvalue weighted by molar-refractivity contribution is 5.95. The predicted octanol–water partition coefficient (Wildman–Crippen LogP) is 0.498. The Hall–Kier alpha value is -1.06. The molecule has 0 spiro atoms. The highest BCUT2D eigenvalue weighted by Crippen LogP contribution is 1.81. The van der Waals surface area contributed by atoms with Gasteiger partial charge in [-0.2, -0.15) is 0 Å². The number of unbranched alkanes of at least 4 members (excludes halogenated alkanes) is 1. The summed E-state index contributed by atoms with van der Waals surface area (Å²) in [6, 6.07) is 0. The third-order valence-corrected chi connectivity index (χ3v) is 1.34. The Bertz CT molecular complexity index is 166. The van der Waals surface area contributed by atoms with Crippen LogP contribution < -0.4 is 10.6 Å². The largest absolute Gasteiger partial charge is 0.356 e. The van der Waals surface area contributed by atoms with Crippen LogP contribution in [-0.4, -0.2) is 25.5 Å². The molecule has 0 aliphatic heterocycles. The van der Waals surface area contributed by atoms with Gasteiger partial charge in [-0.15, -0.1) is 0 Å². The number of aliphatic imine (C=N–C) groups is 1. The Kier molecular flexibility index (Phi) is 6.05. The average Bonchev–Trinajstić information content (AvgIpc) is 2.02. The van der Waals surface area contributed by atoms with Gasteiger partial charge in [0.2, 0.25) is 5.91 Å². The number of rotatable bonds is 3. The van der Waals surface area contributed by atoms with Crippen LogP contribution in [0.5, 0.6) is 0 Å². The van der Waals surface area contributed by atoms with Crippen LogP contribution in [0.25, 0.3) is 0 Å². The van der Waals surface area contributed by atoms with Gasteiger partial charge in [0.25, 0.3) is 0 Å². The Balaban J connectivity index is 3.62. The van der Waals surface area contributed by atoms with Crippen molar-refractivity contribution in [2.45, 2.75) is 26.7 Å². The van der Waals surface area contributed by atoms with Gasteiger partial charge in [-0.1, -0.05) is 13.3 Å². The fourth-order valence-electron chi connectivity index (χ4n) is 0.729. The number of nitrogens with one attached hydrogen (secondary N) is 2. The van der Waals surface area contributed by atoms with E-state index in [0.29, 0.717) is 5.96 Å². The summed E-state index contributed by atoms with van der Waals surface area (Å²) in [7, 11) is 1.64. The molecule has 70 valence electrons. The lowest BCUT2D eigenvalue weighted by Gasteiger charge is -2.07. The lowest BCUT2D eigenvalue weighted by molar-refractivity contribution is -0.117. The Morgan fingerprint density at radius 1 is 1.50 bits per heavy atom. The van der Waals surface area contributed by atoms with Gasteiger partial charge in [0.15, 0.2) is 5.96 Å². The van der Waals surface area contributed by atoms with E-state index in [1.807, 2.05) is 0 Å². The van der Waals surface area contributed by atoms with Gasteiger partial charge in [-0.25, -0.2) is 0 Å². The van der Waals surface area contributed by atoms with Gasteiger partial charge >= 0.3 is 0 Å². The van der Waals surface area contributed by atoms with Crippen LogP contribution in [0.2, 0.25) is 0 Å². The first-order chi connectivity index (χ1) is 5.70. The normalized spacial score (nSPS) is 11.1. The molecule has 0 rings (SSSR count). The highest BCUT2D eigenvalue weighted by atomic mass is 16.1. The van der Waals surface area contributed by atoms with Crippen molar-refractivity contribution in [2.75, 3.05) is 13.6 Å². The van der Waals surface area contributed by atoms with Crippen molar-refractivity contribution < 1.29 is 4.79 Å². The zero-order chi connectivity index (χ0) is 9.40. The minimum atomic E-state index is -0.0976. The van der Waals surface area contributed by atoms with Crippen molar-refractivity contribution >= 4 is 11.9 Å². The van der Waals surface area contributed by atoms with E-state index in [0.717, 1.165) is 19.4 Å². The van der Waals surface area contributed by atoms with E-state index in [1.54, 1.807) is 7.05 Å². The van der Waals surface area contributed by atoms with Crippen molar-refractivity contribution in [3.63, 3.8) is 0 Å². The van der Waals surface area contributed by atoms with Crippen molar-refractivity contribution in [2.24, 2.45) is 4.99 Å². The number of nitrogens with zero attached hydrogens (tertiary/aromatic N) is 1. The molecule has 0 saturated carbocycles. The average molecular weight is 171 g/mol. The molecule has 0 bridgehead atoms. The molecule has 0 aliphatic carbocycles.